The Labute approximate surface area is 65.4 Å². The maximum atomic E-state index is 5.58. The smallest absolute Gasteiger partial charge is 0.221 e. The average Bonchev–Trinajstić information content (AvgIpc) is 2.04. The zero-order valence-electron chi connectivity index (χ0n) is 6.66. The van der Waals surface area contributed by atoms with Crippen LogP contribution < -0.4 is 10.5 Å². The highest BCUT2D eigenvalue weighted by Gasteiger charge is 2.05. The van der Waals surface area contributed by atoms with E-state index in [4.69, 9.17) is 10.5 Å². The van der Waals surface area contributed by atoms with Gasteiger partial charge >= 0.3 is 0 Å². The van der Waals surface area contributed by atoms with Crippen LogP contribution in [0.15, 0.2) is 6.33 Å². The lowest BCUT2D eigenvalue weighted by atomic mass is 10.2. The van der Waals surface area contributed by atoms with E-state index in [0.29, 0.717) is 11.7 Å². The standard InChI is InChI=1S/C7H11N3O/c1-3-5-6(8)9-4-10-7(5)11-2/h4H,3H2,1-2H3,(H2,8,9,10). The minimum absolute atomic E-state index is 0.499. The third kappa shape index (κ3) is 1.39. The fourth-order valence-corrected chi connectivity index (χ4v) is 0.917. The second kappa shape index (κ2) is 3.18. The number of anilines is 1. The first-order valence-corrected chi connectivity index (χ1v) is 3.43. The second-order valence-corrected chi connectivity index (χ2v) is 2.10. The summed E-state index contributed by atoms with van der Waals surface area (Å²) < 4.78 is 4.99. The van der Waals surface area contributed by atoms with Crippen molar-refractivity contribution in [3.8, 4) is 5.88 Å². The summed E-state index contributed by atoms with van der Waals surface area (Å²) in [5, 5.41) is 0. The van der Waals surface area contributed by atoms with Gasteiger partial charge in [0, 0.05) is 0 Å². The van der Waals surface area contributed by atoms with Crippen LogP contribution in [0.2, 0.25) is 0 Å². The van der Waals surface area contributed by atoms with Crippen molar-refractivity contribution in [3.05, 3.63) is 11.9 Å². The highest BCUT2D eigenvalue weighted by molar-refractivity contribution is 5.44. The number of methoxy groups -OCH3 is 1. The van der Waals surface area contributed by atoms with E-state index in [-0.39, 0.29) is 0 Å². The minimum Gasteiger partial charge on any atom is -0.481 e. The Morgan fingerprint density at radius 3 is 2.73 bits per heavy atom. The molecular weight excluding hydrogens is 142 g/mol. The molecule has 1 aromatic heterocycles. The summed E-state index contributed by atoms with van der Waals surface area (Å²) >= 11 is 0. The summed E-state index contributed by atoms with van der Waals surface area (Å²) in [4.78, 5) is 7.76. The second-order valence-electron chi connectivity index (χ2n) is 2.10. The normalized spacial score (nSPS) is 9.64. The van der Waals surface area contributed by atoms with Crippen molar-refractivity contribution < 1.29 is 4.74 Å². The first-order valence-electron chi connectivity index (χ1n) is 3.43. The summed E-state index contributed by atoms with van der Waals surface area (Å²) in [5.74, 6) is 1.07. The topological polar surface area (TPSA) is 61.0 Å². The van der Waals surface area contributed by atoms with Crippen molar-refractivity contribution in [1.29, 1.82) is 0 Å². The van der Waals surface area contributed by atoms with E-state index in [1.807, 2.05) is 6.92 Å². The molecule has 11 heavy (non-hydrogen) atoms. The van der Waals surface area contributed by atoms with Gasteiger partial charge in [-0.25, -0.2) is 9.97 Å². The monoisotopic (exact) mass is 153 g/mol. The van der Waals surface area contributed by atoms with Crippen LogP contribution in [-0.4, -0.2) is 17.1 Å². The van der Waals surface area contributed by atoms with Crippen LogP contribution in [0.4, 0.5) is 5.82 Å². The van der Waals surface area contributed by atoms with Gasteiger partial charge < -0.3 is 10.5 Å². The summed E-state index contributed by atoms with van der Waals surface area (Å²) in [6.45, 7) is 1.98. The molecule has 1 heterocycles. The van der Waals surface area contributed by atoms with E-state index >= 15 is 0 Å². The minimum atomic E-state index is 0.499. The summed E-state index contributed by atoms with van der Waals surface area (Å²) in [7, 11) is 1.57. The average molecular weight is 153 g/mol. The Morgan fingerprint density at radius 1 is 1.55 bits per heavy atom. The molecule has 0 aliphatic carbocycles. The van der Waals surface area contributed by atoms with Crippen LogP contribution in [0.5, 0.6) is 5.88 Å². The van der Waals surface area contributed by atoms with Gasteiger partial charge in [0.1, 0.15) is 12.1 Å². The molecule has 0 spiro atoms. The quantitative estimate of drug-likeness (QED) is 0.677. The summed E-state index contributed by atoms with van der Waals surface area (Å²) in [6.07, 6.45) is 2.18. The van der Waals surface area contributed by atoms with Crippen LogP contribution in [-0.2, 0) is 6.42 Å². The number of nitrogens with two attached hydrogens (primary N) is 1. The molecule has 0 amide bonds. The molecule has 0 unspecified atom stereocenters. The fraction of sp³-hybridized carbons (Fsp3) is 0.429. The summed E-state index contributed by atoms with van der Waals surface area (Å²) in [5.41, 5.74) is 6.45. The maximum absolute atomic E-state index is 5.58. The lowest BCUT2D eigenvalue weighted by Crippen LogP contribution is -2.01. The Bertz CT molecular complexity index is 249. The first-order chi connectivity index (χ1) is 5.29. The zero-order valence-corrected chi connectivity index (χ0v) is 6.66. The lowest BCUT2D eigenvalue weighted by Gasteiger charge is -2.05. The Morgan fingerprint density at radius 2 is 2.27 bits per heavy atom. The summed E-state index contributed by atoms with van der Waals surface area (Å²) in [6, 6.07) is 0. The molecule has 0 bridgehead atoms. The molecule has 60 valence electrons. The van der Waals surface area contributed by atoms with Crippen molar-refractivity contribution in [2.24, 2.45) is 0 Å². The molecule has 1 rings (SSSR count). The van der Waals surface area contributed by atoms with Crippen LogP contribution in [0.1, 0.15) is 12.5 Å². The first kappa shape index (κ1) is 7.78. The van der Waals surface area contributed by atoms with Crippen molar-refractivity contribution >= 4 is 5.82 Å². The van der Waals surface area contributed by atoms with E-state index in [9.17, 15) is 0 Å². The maximum Gasteiger partial charge on any atom is 0.221 e. The van der Waals surface area contributed by atoms with Gasteiger partial charge in [-0.1, -0.05) is 6.92 Å². The van der Waals surface area contributed by atoms with E-state index in [1.54, 1.807) is 7.11 Å². The molecular formula is C7H11N3O. The van der Waals surface area contributed by atoms with Crippen LogP contribution in [0.3, 0.4) is 0 Å². The molecule has 0 fully saturated rings. The van der Waals surface area contributed by atoms with Crippen molar-refractivity contribution in [2.75, 3.05) is 12.8 Å². The number of ether oxygens (including phenoxy) is 1. The van der Waals surface area contributed by atoms with Gasteiger partial charge in [0.05, 0.1) is 12.7 Å². The van der Waals surface area contributed by atoms with Gasteiger partial charge in [0.2, 0.25) is 5.88 Å². The van der Waals surface area contributed by atoms with Crippen LogP contribution in [0.25, 0.3) is 0 Å². The number of aromatic nitrogens is 2. The number of hydrogen-bond donors (Lipinski definition) is 1. The fourth-order valence-electron chi connectivity index (χ4n) is 0.917. The molecule has 0 saturated heterocycles. The van der Waals surface area contributed by atoms with Gasteiger partial charge in [0.15, 0.2) is 0 Å². The number of nitrogen functional groups attached to an aromatic ring is 1. The van der Waals surface area contributed by atoms with E-state index in [0.717, 1.165) is 12.0 Å². The molecule has 0 aliphatic rings. The van der Waals surface area contributed by atoms with E-state index < -0.39 is 0 Å². The molecule has 0 saturated carbocycles. The Balaban J connectivity index is 3.13. The van der Waals surface area contributed by atoms with Crippen LogP contribution in [0, 0.1) is 0 Å². The van der Waals surface area contributed by atoms with Crippen molar-refractivity contribution in [3.63, 3.8) is 0 Å². The van der Waals surface area contributed by atoms with Gasteiger partial charge in [0.25, 0.3) is 0 Å². The highest BCUT2D eigenvalue weighted by Crippen LogP contribution is 2.18. The Hall–Kier alpha value is -1.32. The van der Waals surface area contributed by atoms with E-state index in [1.165, 1.54) is 6.33 Å². The highest BCUT2D eigenvalue weighted by atomic mass is 16.5. The van der Waals surface area contributed by atoms with Crippen LogP contribution >= 0.6 is 0 Å². The molecule has 0 atom stereocenters. The predicted molar refractivity (Wildman–Crippen MR) is 42.4 cm³/mol. The van der Waals surface area contributed by atoms with Crippen molar-refractivity contribution in [1.82, 2.24) is 9.97 Å². The van der Waals surface area contributed by atoms with Gasteiger partial charge in [-0.3, -0.25) is 0 Å². The molecule has 0 aromatic carbocycles. The largest absolute Gasteiger partial charge is 0.481 e. The number of hydrogen-bond acceptors (Lipinski definition) is 4. The molecule has 2 N–H and O–H groups in total. The molecule has 4 heteroatoms. The Kier molecular flexibility index (Phi) is 2.25. The third-order valence-corrected chi connectivity index (χ3v) is 1.49. The molecule has 0 aliphatic heterocycles. The number of rotatable bonds is 2. The number of nitrogens with zero attached hydrogens (tertiary/aromatic N) is 2. The third-order valence-electron chi connectivity index (χ3n) is 1.49. The van der Waals surface area contributed by atoms with E-state index in [2.05, 4.69) is 9.97 Å². The molecule has 1 aromatic rings. The molecule has 0 radical (unpaired) electrons. The predicted octanol–water partition coefficient (Wildman–Crippen LogP) is 0.630. The van der Waals surface area contributed by atoms with Gasteiger partial charge in [-0.15, -0.1) is 0 Å². The SMILES string of the molecule is CCc1c(N)ncnc1OC. The van der Waals surface area contributed by atoms with Gasteiger partial charge in [-0.2, -0.15) is 0 Å². The van der Waals surface area contributed by atoms with Crippen molar-refractivity contribution in [2.45, 2.75) is 13.3 Å². The molecule has 4 nitrogen and oxygen atoms in total. The lowest BCUT2D eigenvalue weighted by molar-refractivity contribution is 0.392. The zero-order chi connectivity index (χ0) is 8.27. The van der Waals surface area contributed by atoms with Gasteiger partial charge in [-0.05, 0) is 6.42 Å².